The molecule has 8 heteroatoms. The van der Waals surface area contributed by atoms with Crippen LogP contribution >= 0.6 is 31.9 Å². The van der Waals surface area contributed by atoms with Gasteiger partial charge in [0.05, 0.1) is 4.90 Å². The van der Waals surface area contributed by atoms with Crippen molar-refractivity contribution in [1.29, 1.82) is 0 Å². The highest BCUT2D eigenvalue weighted by atomic mass is 79.9. The first-order valence-corrected chi connectivity index (χ1v) is 8.98. The third kappa shape index (κ3) is 4.15. The number of benzene rings is 1. The number of sulfonamides is 1. The van der Waals surface area contributed by atoms with Crippen molar-refractivity contribution in [3.05, 3.63) is 45.6 Å². The van der Waals surface area contributed by atoms with Crippen molar-refractivity contribution in [3.8, 4) is 0 Å². The molecule has 1 aromatic heterocycles. The average Bonchev–Trinajstić information content (AvgIpc) is 2.87. The van der Waals surface area contributed by atoms with Gasteiger partial charge in [0.25, 0.3) is 0 Å². The summed E-state index contributed by atoms with van der Waals surface area (Å²) in [6.45, 7) is 1.04. The lowest BCUT2D eigenvalue weighted by Gasteiger charge is -2.09. The molecule has 0 unspecified atom stereocenters. The van der Waals surface area contributed by atoms with Gasteiger partial charge in [0.2, 0.25) is 10.0 Å². The van der Waals surface area contributed by atoms with Crippen LogP contribution in [-0.2, 0) is 16.6 Å². The summed E-state index contributed by atoms with van der Waals surface area (Å²) in [5.41, 5.74) is 0. The molecule has 0 aliphatic carbocycles. The first kappa shape index (κ1) is 15.7. The molecule has 0 aliphatic heterocycles. The number of hydrogen-bond donors (Lipinski definition) is 1. The third-order valence-electron chi connectivity index (χ3n) is 2.60. The Morgan fingerprint density at radius 1 is 1.30 bits per heavy atom. The highest BCUT2D eigenvalue weighted by molar-refractivity contribution is 9.11. The standard InChI is InChI=1S/C12H13Br2N3O2S/c13-10-3-4-12(11(14)9-10)20(18,19)16-6-2-8-17-7-1-5-15-17/h1,3-5,7,9,16H,2,6,8H2. The molecule has 1 aromatic carbocycles. The van der Waals surface area contributed by atoms with Crippen molar-refractivity contribution >= 4 is 41.9 Å². The van der Waals surface area contributed by atoms with E-state index in [4.69, 9.17) is 0 Å². The summed E-state index contributed by atoms with van der Waals surface area (Å²) in [5.74, 6) is 0. The van der Waals surface area contributed by atoms with Gasteiger partial charge in [-0.3, -0.25) is 4.68 Å². The quantitative estimate of drug-likeness (QED) is 0.728. The van der Waals surface area contributed by atoms with Gasteiger partial charge >= 0.3 is 0 Å². The van der Waals surface area contributed by atoms with Crippen LogP contribution < -0.4 is 4.72 Å². The van der Waals surface area contributed by atoms with Crippen molar-refractivity contribution < 1.29 is 8.42 Å². The minimum absolute atomic E-state index is 0.236. The molecule has 0 amide bonds. The lowest BCUT2D eigenvalue weighted by molar-refractivity contribution is 0.552. The van der Waals surface area contributed by atoms with Crippen LogP contribution in [0.15, 0.2) is 50.5 Å². The fourth-order valence-corrected chi connectivity index (χ4v) is 4.47. The van der Waals surface area contributed by atoms with Crippen LogP contribution in [0.3, 0.4) is 0 Å². The normalized spacial score (nSPS) is 11.7. The van der Waals surface area contributed by atoms with Gasteiger partial charge in [-0.1, -0.05) is 15.9 Å². The second-order valence-electron chi connectivity index (χ2n) is 4.10. The van der Waals surface area contributed by atoms with E-state index in [-0.39, 0.29) is 4.90 Å². The van der Waals surface area contributed by atoms with E-state index in [1.54, 1.807) is 29.1 Å². The smallest absolute Gasteiger partial charge is 0.241 e. The summed E-state index contributed by atoms with van der Waals surface area (Å²) >= 11 is 6.55. The zero-order valence-corrected chi connectivity index (χ0v) is 14.4. The summed E-state index contributed by atoms with van der Waals surface area (Å²) in [6, 6.07) is 6.80. The van der Waals surface area contributed by atoms with E-state index in [2.05, 4.69) is 41.7 Å². The van der Waals surface area contributed by atoms with Crippen LogP contribution in [0, 0.1) is 0 Å². The molecule has 0 bridgehead atoms. The van der Waals surface area contributed by atoms with E-state index in [9.17, 15) is 8.42 Å². The van der Waals surface area contributed by atoms with Crippen LogP contribution in [0.25, 0.3) is 0 Å². The fraction of sp³-hybridized carbons (Fsp3) is 0.250. The van der Waals surface area contributed by atoms with Gasteiger partial charge in [-0.2, -0.15) is 5.10 Å². The van der Waals surface area contributed by atoms with Gasteiger partial charge in [0.1, 0.15) is 0 Å². The Kier molecular flexibility index (Phi) is 5.36. The molecule has 108 valence electrons. The topological polar surface area (TPSA) is 64.0 Å². The molecule has 2 rings (SSSR count). The van der Waals surface area contributed by atoms with Gasteiger partial charge in [0, 0.05) is 34.4 Å². The number of aromatic nitrogens is 2. The van der Waals surface area contributed by atoms with Crippen molar-refractivity contribution in [2.45, 2.75) is 17.9 Å². The molecule has 0 aliphatic rings. The van der Waals surface area contributed by atoms with Gasteiger partial charge in [-0.25, -0.2) is 13.1 Å². The van der Waals surface area contributed by atoms with Crippen LogP contribution in [0.1, 0.15) is 6.42 Å². The minimum Gasteiger partial charge on any atom is -0.273 e. The van der Waals surface area contributed by atoms with Crippen molar-refractivity contribution in [2.75, 3.05) is 6.54 Å². The Balaban J connectivity index is 1.93. The van der Waals surface area contributed by atoms with E-state index in [1.807, 2.05) is 12.3 Å². The predicted octanol–water partition coefficient (Wildman–Crippen LogP) is 2.78. The zero-order valence-electron chi connectivity index (χ0n) is 10.5. The zero-order chi connectivity index (χ0) is 14.6. The van der Waals surface area contributed by atoms with Crippen LogP contribution in [0.4, 0.5) is 0 Å². The first-order valence-electron chi connectivity index (χ1n) is 5.91. The van der Waals surface area contributed by atoms with Gasteiger partial charge < -0.3 is 0 Å². The summed E-state index contributed by atoms with van der Waals surface area (Å²) < 4.78 is 30.0. The molecule has 1 N–H and O–H groups in total. The van der Waals surface area contributed by atoms with Gasteiger partial charge in [-0.05, 0) is 46.6 Å². The first-order chi connectivity index (χ1) is 9.49. The summed E-state index contributed by atoms with van der Waals surface area (Å²) in [5, 5.41) is 4.06. The minimum atomic E-state index is -3.50. The summed E-state index contributed by atoms with van der Waals surface area (Å²) in [6.07, 6.45) is 4.22. The predicted molar refractivity (Wildman–Crippen MR) is 83.9 cm³/mol. The maximum atomic E-state index is 12.1. The van der Waals surface area contributed by atoms with E-state index in [0.29, 0.717) is 24.0 Å². The molecule has 0 radical (unpaired) electrons. The molecule has 0 atom stereocenters. The number of nitrogens with one attached hydrogen (secondary N) is 1. The van der Waals surface area contributed by atoms with E-state index in [1.165, 1.54) is 0 Å². The number of nitrogens with zero attached hydrogens (tertiary/aromatic N) is 2. The maximum absolute atomic E-state index is 12.1. The van der Waals surface area contributed by atoms with Gasteiger partial charge in [-0.15, -0.1) is 0 Å². The SMILES string of the molecule is O=S(=O)(NCCCn1cccn1)c1ccc(Br)cc1Br. The Morgan fingerprint density at radius 3 is 2.75 bits per heavy atom. The number of hydrogen-bond acceptors (Lipinski definition) is 3. The molecule has 20 heavy (non-hydrogen) atoms. The lowest BCUT2D eigenvalue weighted by atomic mass is 10.4. The van der Waals surface area contributed by atoms with Crippen LogP contribution in [0.2, 0.25) is 0 Å². The molecular weight excluding hydrogens is 410 g/mol. The number of aryl methyl sites for hydroxylation is 1. The molecule has 0 spiro atoms. The largest absolute Gasteiger partial charge is 0.273 e. The summed E-state index contributed by atoms with van der Waals surface area (Å²) in [4.78, 5) is 0.236. The Bertz CT molecular complexity index is 672. The second-order valence-corrected chi connectivity index (χ2v) is 7.60. The van der Waals surface area contributed by atoms with E-state index >= 15 is 0 Å². The monoisotopic (exact) mass is 421 g/mol. The van der Waals surface area contributed by atoms with Crippen LogP contribution in [-0.4, -0.2) is 24.7 Å². The highest BCUT2D eigenvalue weighted by Gasteiger charge is 2.16. The number of rotatable bonds is 6. The number of halogens is 2. The molecule has 2 aromatic rings. The second kappa shape index (κ2) is 6.84. The van der Waals surface area contributed by atoms with E-state index < -0.39 is 10.0 Å². The van der Waals surface area contributed by atoms with Crippen molar-refractivity contribution in [1.82, 2.24) is 14.5 Å². The molecule has 0 fully saturated rings. The molecule has 0 saturated heterocycles. The van der Waals surface area contributed by atoms with Crippen molar-refractivity contribution in [3.63, 3.8) is 0 Å². The molecule has 5 nitrogen and oxygen atoms in total. The molecule has 1 heterocycles. The summed E-state index contributed by atoms with van der Waals surface area (Å²) in [7, 11) is -3.50. The Labute approximate surface area is 134 Å². The maximum Gasteiger partial charge on any atom is 0.241 e. The Hall–Kier alpha value is -0.700. The van der Waals surface area contributed by atoms with Crippen LogP contribution in [0.5, 0.6) is 0 Å². The third-order valence-corrected chi connectivity index (χ3v) is 5.53. The lowest BCUT2D eigenvalue weighted by Crippen LogP contribution is -2.26. The molecular formula is C12H13Br2N3O2S. The van der Waals surface area contributed by atoms with E-state index in [0.717, 1.165) is 4.47 Å². The molecule has 0 saturated carbocycles. The fourth-order valence-electron chi connectivity index (χ4n) is 1.65. The highest BCUT2D eigenvalue weighted by Crippen LogP contribution is 2.25. The average molecular weight is 423 g/mol. The Morgan fingerprint density at radius 2 is 2.10 bits per heavy atom. The van der Waals surface area contributed by atoms with Crippen molar-refractivity contribution in [2.24, 2.45) is 0 Å². The van der Waals surface area contributed by atoms with Gasteiger partial charge in [0.15, 0.2) is 0 Å².